The molecule has 0 spiro atoms. The first kappa shape index (κ1) is 51.6. The van der Waals surface area contributed by atoms with Crippen molar-refractivity contribution in [1.82, 2.24) is 0 Å². The minimum Gasteiger partial charge on any atom is -0.0622 e. The molecule has 9 aromatic rings. The number of aryl methyl sites for hydroxylation is 12. The first-order chi connectivity index (χ1) is 31.7. The lowest BCUT2D eigenvalue weighted by Gasteiger charge is -2.04. The van der Waals surface area contributed by atoms with E-state index in [1.165, 1.54) is 100 Å². The number of hydrogen-bond donors (Lipinski definition) is 0. The van der Waals surface area contributed by atoms with E-state index in [4.69, 9.17) is 0 Å². The van der Waals surface area contributed by atoms with E-state index in [1.807, 2.05) is 6.07 Å². The Morgan fingerprint density at radius 1 is 0.152 bits per heavy atom. The molecule has 0 aliphatic rings. The van der Waals surface area contributed by atoms with Crippen molar-refractivity contribution in [3.63, 3.8) is 0 Å². The van der Waals surface area contributed by atoms with E-state index in [1.54, 1.807) is 0 Å². The second-order valence-electron chi connectivity index (χ2n) is 17.5. The quantitative estimate of drug-likeness (QED) is 0.166. The molecule has 0 N–H and O–H groups in total. The van der Waals surface area contributed by atoms with Crippen LogP contribution in [0.2, 0.25) is 0 Å². The summed E-state index contributed by atoms with van der Waals surface area (Å²) in [6, 6.07) is 76.9. The molecule has 0 saturated heterocycles. The minimum atomic E-state index is 1.29. The lowest BCUT2D eigenvalue weighted by molar-refractivity contribution is 1.34. The second-order valence-corrected chi connectivity index (χ2v) is 17.5. The molecule has 0 unspecified atom stereocenters. The van der Waals surface area contributed by atoms with Crippen molar-refractivity contribution in [2.45, 2.75) is 83.1 Å². The van der Waals surface area contributed by atoms with Gasteiger partial charge in [0.25, 0.3) is 0 Å². The van der Waals surface area contributed by atoms with Crippen LogP contribution >= 0.6 is 0 Å². The summed E-state index contributed by atoms with van der Waals surface area (Å²) in [6.45, 7) is 25.4. The van der Waals surface area contributed by atoms with Crippen LogP contribution in [-0.4, -0.2) is 0 Å². The molecule has 0 saturated carbocycles. The van der Waals surface area contributed by atoms with Gasteiger partial charge in [0.1, 0.15) is 0 Å². The highest BCUT2D eigenvalue weighted by atomic mass is 14.0. The molecule has 0 bridgehead atoms. The van der Waals surface area contributed by atoms with Crippen LogP contribution in [0.5, 0.6) is 0 Å². The molecule has 336 valence electrons. The first-order valence-electron chi connectivity index (χ1n) is 23.2. The fourth-order valence-corrected chi connectivity index (χ4v) is 6.72. The average molecular weight is 865 g/mol. The Labute approximate surface area is 399 Å². The van der Waals surface area contributed by atoms with E-state index >= 15 is 0 Å². The number of benzene rings is 9. The molecular weight excluding hydrogens is 793 g/mol. The highest BCUT2D eigenvalue weighted by molar-refractivity contribution is 5.66. The van der Waals surface area contributed by atoms with Crippen LogP contribution in [0.15, 0.2) is 218 Å². The zero-order valence-electron chi connectivity index (χ0n) is 41.8. The molecule has 0 nitrogen and oxygen atoms in total. The SMILES string of the molecule is Cc1ccc(-c2ccc(C)cc2)cc1.Cc1ccc(-c2cccc(C)c2)cc1.Cc1ccc(-c2ccccc2)cc1C.Cc1ccc(C)cc1.Cc1cccc(C)c1.Cc1ccccc1C. The van der Waals surface area contributed by atoms with E-state index in [-0.39, 0.29) is 0 Å². The Bertz CT molecular complexity index is 2650. The molecule has 0 atom stereocenters. The molecule has 0 amide bonds. The van der Waals surface area contributed by atoms with E-state index in [2.05, 4.69) is 295 Å². The normalized spacial score (nSPS) is 9.82. The van der Waals surface area contributed by atoms with E-state index < -0.39 is 0 Å². The van der Waals surface area contributed by atoms with Crippen molar-refractivity contribution < 1.29 is 0 Å². The van der Waals surface area contributed by atoms with Gasteiger partial charge in [0.2, 0.25) is 0 Å². The molecule has 9 rings (SSSR count). The fraction of sp³-hybridized carbons (Fsp3) is 0.182. The van der Waals surface area contributed by atoms with Gasteiger partial charge >= 0.3 is 0 Å². The highest BCUT2D eigenvalue weighted by Gasteiger charge is 1.99. The standard InChI is InChI=1S/3C14H14.3C8H10/c1-11-3-7-13(8-4-11)14-9-5-12(2)6-10-14;1-11-6-8-13(9-7-11)14-5-3-4-12(2)10-14;1-11-8-9-14(10-12(11)2)13-6-4-3-5-7-13;1-7-3-5-8(2)6-4-7;1-7-4-3-5-8(2)6-7;1-7-5-3-4-6-8(7)2/h3*3-10H,1-2H3;3*3-6H,1-2H3. The maximum absolute atomic E-state index is 2.24. The molecule has 0 heteroatoms. The van der Waals surface area contributed by atoms with Crippen molar-refractivity contribution in [1.29, 1.82) is 0 Å². The Kier molecular flexibility index (Phi) is 21.4. The average Bonchev–Trinajstić information content (AvgIpc) is 3.31. The molecule has 0 fully saturated rings. The van der Waals surface area contributed by atoms with Crippen LogP contribution in [-0.2, 0) is 0 Å². The van der Waals surface area contributed by atoms with Crippen LogP contribution in [0.25, 0.3) is 33.4 Å². The number of rotatable bonds is 3. The van der Waals surface area contributed by atoms with Crippen molar-refractivity contribution in [3.8, 4) is 33.4 Å². The summed E-state index contributed by atoms with van der Waals surface area (Å²) in [4.78, 5) is 0. The van der Waals surface area contributed by atoms with E-state index in [0.29, 0.717) is 0 Å². The van der Waals surface area contributed by atoms with Gasteiger partial charge in [0.15, 0.2) is 0 Å². The van der Waals surface area contributed by atoms with Gasteiger partial charge in [-0.25, -0.2) is 0 Å². The van der Waals surface area contributed by atoms with Crippen LogP contribution in [0.4, 0.5) is 0 Å². The van der Waals surface area contributed by atoms with Crippen LogP contribution in [0.3, 0.4) is 0 Å². The van der Waals surface area contributed by atoms with Crippen LogP contribution < -0.4 is 0 Å². The summed E-state index contributed by atoms with van der Waals surface area (Å²) in [5, 5.41) is 0. The topological polar surface area (TPSA) is 0 Å². The van der Waals surface area contributed by atoms with Gasteiger partial charge in [0.05, 0.1) is 0 Å². The third kappa shape index (κ3) is 19.0. The van der Waals surface area contributed by atoms with Gasteiger partial charge in [-0.05, 0) is 139 Å². The largest absolute Gasteiger partial charge is 0.0622 e. The third-order valence-electron chi connectivity index (χ3n) is 11.3. The van der Waals surface area contributed by atoms with Crippen LogP contribution in [0.1, 0.15) is 66.8 Å². The zero-order valence-corrected chi connectivity index (χ0v) is 41.8. The zero-order chi connectivity index (χ0) is 47.8. The summed E-state index contributed by atoms with van der Waals surface area (Å²) in [5.41, 5.74) is 23.8. The monoisotopic (exact) mass is 865 g/mol. The molecule has 0 radical (unpaired) electrons. The van der Waals surface area contributed by atoms with Gasteiger partial charge in [-0.3, -0.25) is 0 Å². The molecule has 0 aromatic heterocycles. The molecule has 0 aliphatic heterocycles. The molecular formula is C66H72. The van der Waals surface area contributed by atoms with Gasteiger partial charge in [-0.2, -0.15) is 0 Å². The van der Waals surface area contributed by atoms with Crippen molar-refractivity contribution in [2.24, 2.45) is 0 Å². The summed E-state index contributed by atoms with van der Waals surface area (Å²) in [6.07, 6.45) is 0. The van der Waals surface area contributed by atoms with E-state index in [9.17, 15) is 0 Å². The van der Waals surface area contributed by atoms with Crippen molar-refractivity contribution in [2.75, 3.05) is 0 Å². The Hall–Kier alpha value is -7.02. The summed E-state index contributed by atoms with van der Waals surface area (Å²) in [5.74, 6) is 0. The Morgan fingerprint density at radius 3 is 0.773 bits per heavy atom. The predicted octanol–water partition coefficient (Wildman–Crippen LogP) is 18.8. The van der Waals surface area contributed by atoms with Gasteiger partial charge < -0.3 is 0 Å². The van der Waals surface area contributed by atoms with Gasteiger partial charge in [-0.1, -0.05) is 263 Å². The Morgan fingerprint density at radius 2 is 0.424 bits per heavy atom. The Balaban J connectivity index is 0.000000177. The van der Waals surface area contributed by atoms with Gasteiger partial charge in [0, 0.05) is 0 Å². The highest BCUT2D eigenvalue weighted by Crippen LogP contribution is 2.23. The third-order valence-corrected chi connectivity index (χ3v) is 11.3. The maximum atomic E-state index is 2.24. The fourth-order valence-electron chi connectivity index (χ4n) is 6.72. The molecule has 0 heterocycles. The molecule has 0 aliphatic carbocycles. The molecule has 66 heavy (non-hydrogen) atoms. The first-order valence-corrected chi connectivity index (χ1v) is 23.2. The van der Waals surface area contributed by atoms with Gasteiger partial charge in [-0.15, -0.1) is 0 Å². The second kappa shape index (κ2) is 27.3. The molecule has 9 aromatic carbocycles. The lowest BCUT2D eigenvalue weighted by atomic mass is 10.0. The van der Waals surface area contributed by atoms with Crippen molar-refractivity contribution >= 4 is 0 Å². The summed E-state index contributed by atoms with van der Waals surface area (Å²) < 4.78 is 0. The summed E-state index contributed by atoms with van der Waals surface area (Å²) in [7, 11) is 0. The number of hydrogen-bond acceptors (Lipinski definition) is 0. The lowest BCUT2D eigenvalue weighted by Crippen LogP contribution is -1.82. The van der Waals surface area contributed by atoms with Crippen LogP contribution in [0, 0.1) is 83.1 Å². The van der Waals surface area contributed by atoms with E-state index in [0.717, 1.165) is 0 Å². The predicted molar refractivity (Wildman–Crippen MR) is 292 cm³/mol. The minimum absolute atomic E-state index is 1.29. The summed E-state index contributed by atoms with van der Waals surface area (Å²) >= 11 is 0. The maximum Gasteiger partial charge on any atom is -0.0181 e. The van der Waals surface area contributed by atoms with Crippen molar-refractivity contribution in [3.05, 3.63) is 285 Å². The smallest absolute Gasteiger partial charge is 0.0181 e.